The van der Waals surface area contributed by atoms with Crippen LogP contribution in [0.5, 0.6) is 5.75 Å². The molecule has 3 nitrogen and oxygen atoms in total. The molecule has 1 fully saturated rings. The average molecular weight is 362 g/mol. The summed E-state index contributed by atoms with van der Waals surface area (Å²) in [5.74, 6) is 1.66. The summed E-state index contributed by atoms with van der Waals surface area (Å²) in [5, 5.41) is 10.3. The van der Waals surface area contributed by atoms with Crippen LogP contribution in [0.1, 0.15) is 66.4 Å². The van der Waals surface area contributed by atoms with Crippen LogP contribution >= 0.6 is 0 Å². The van der Waals surface area contributed by atoms with Crippen molar-refractivity contribution < 1.29 is 9.84 Å². The molecule has 2 rings (SSSR count). The lowest BCUT2D eigenvalue weighted by Gasteiger charge is -2.33. The lowest BCUT2D eigenvalue weighted by Crippen LogP contribution is -2.40. The average Bonchev–Trinajstić information content (AvgIpc) is 2.53. The quantitative estimate of drug-likeness (QED) is 0.752. The van der Waals surface area contributed by atoms with Gasteiger partial charge in [0.05, 0.1) is 0 Å². The van der Waals surface area contributed by atoms with Crippen LogP contribution in [0.3, 0.4) is 0 Å². The highest BCUT2D eigenvalue weighted by atomic mass is 16.5. The van der Waals surface area contributed by atoms with E-state index < -0.39 is 6.10 Å². The predicted octanol–water partition coefficient (Wildman–Crippen LogP) is 4.87. The molecule has 0 amide bonds. The van der Waals surface area contributed by atoms with E-state index >= 15 is 0 Å². The van der Waals surface area contributed by atoms with Gasteiger partial charge >= 0.3 is 0 Å². The van der Waals surface area contributed by atoms with E-state index in [-0.39, 0.29) is 5.41 Å². The summed E-state index contributed by atoms with van der Waals surface area (Å²) < 4.78 is 5.82. The number of likely N-dealkylation sites (tertiary alicyclic amines) is 1. The molecule has 26 heavy (non-hydrogen) atoms. The first kappa shape index (κ1) is 21.2. The second-order valence-electron chi connectivity index (χ2n) is 10.1. The van der Waals surface area contributed by atoms with E-state index in [1.165, 1.54) is 18.4 Å². The Kier molecular flexibility index (Phi) is 7.15. The van der Waals surface area contributed by atoms with Crippen LogP contribution in [0.15, 0.2) is 24.3 Å². The molecule has 148 valence electrons. The van der Waals surface area contributed by atoms with Gasteiger partial charge in [-0.2, -0.15) is 0 Å². The van der Waals surface area contributed by atoms with Crippen molar-refractivity contribution >= 4 is 0 Å². The van der Waals surface area contributed by atoms with Gasteiger partial charge in [-0.3, -0.25) is 0 Å². The SMILES string of the molecule is CC1CCN(CC(O)COc2ccc(C(C)(C)CC(C)(C)C)cc2)CC1. The Hall–Kier alpha value is -1.06. The first-order chi connectivity index (χ1) is 12.0. The van der Waals surface area contributed by atoms with Crippen molar-refractivity contribution in [3.63, 3.8) is 0 Å². The molecular formula is C23H39NO2. The van der Waals surface area contributed by atoms with Crippen molar-refractivity contribution in [1.82, 2.24) is 4.90 Å². The Morgan fingerprint density at radius 3 is 2.19 bits per heavy atom. The molecule has 1 unspecified atom stereocenters. The van der Waals surface area contributed by atoms with Gasteiger partial charge in [0.1, 0.15) is 18.5 Å². The molecule has 0 bridgehead atoms. The Morgan fingerprint density at radius 1 is 1.08 bits per heavy atom. The fraction of sp³-hybridized carbons (Fsp3) is 0.739. The molecule has 1 atom stereocenters. The second-order valence-corrected chi connectivity index (χ2v) is 10.1. The van der Waals surface area contributed by atoms with Gasteiger partial charge in [-0.1, -0.05) is 53.7 Å². The van der Waals surface area contributed by atoms with Gasteiger partial charge in [0, 0.05) is 6.54 Å². The van der Waals surface area contributed by atoms with Crippen LogP contribution in [-0.4, -0.2) is 42.4 Å². The molecule has 1 aromatic rings. The number of hydrogen-bond donors (Lipinski definition) is 1. The lowest BCUT2D eigenvalue weighted by molar-refractivity contribution is 0.0563. The summed E-state index contributed by atoms with van der Waals surface area (Å²) in [6.45, 7) is 17.0. The third-order valence-electron chi connectivity index (χ3n) is 5.40. The smallest absolute Gasteiger partial charge is 0.119 e. The molecule has 1 aliphatic rings. The van der Waals surface area contributed by atoms with Gasteiger partial charge < -0.3 is 14.7 Å². The first-order valence-electron chi connectivity index (χ1n) is 10.2. The van der Waals surface area contributed by atoms with Crippen molar-refractivity contribution in [1.29, 1.82) is 0 Å². The maximum absolute atomic E-state index is 10.3. The third kappa shape index (κ3) is 6.92. The van der Waals surface area contributed by atoms with Gasteiger partial charge in [-0.05, 0) is 66.8 Å². The largest absolute Gasteiger partial charge is 0.491 e. The normalized spacial score (nSPS) is 18.7. The Bertz CT molecular complexity index is 536. The summed E-state index contributed by atoms with van der Waals surface area (Å²) in [6, 6.07) is 8.41. The summed E-state index contributed by atoms with van der Waals surface area (Å²) in [4.78, 5) is 2.35. The van der Waals surface area contributed by atoms with Crippen LogP contribution in [0.2, 0.25) is 0 Å². The zero-order valence-electron chi connectivity index (χ0n) is 17.7. The monoisotopic (exact) mass is 361 g/mol. The zero-order chi connectivity index (χ0) is 19.4. The maximum atomic E-state index is 10.3. The van der Waals surface area contributed by atoms with Crippen LogP contribution < -0.4 is 4.74 Å². The van der Waals surface area contributed by atoms with E-state index in [1.54, 1.807) is 0 Å². The summed E-state index contributed by atoms with van der Waals surface area (Å²) >= 11 is 0. The number of nitrogens with zero attached hydrogens (tertiary/aromatic N) is 1. The highest BCUT2D eigenvalue weighted by molar-refractivity contribution is 5.31. The third-order valence-corrected chi connectivity index (χ3v) is 5.40. The van der Waals surface area contributed by atoms with E-state index in [1.807, 2.05) is 12.1 Å². The molecule has 1 saturated heterocycles. The van der Waals surface area contributed by atoms with Gasteiger partial charge in [-0.25, -0.2) is 0 Å². The molecular weight excluding hydrogens is 322 g/mol. The number of benzene rings is 1. The maximum Gasteiger partial charge on any atom is 0.119 e. The second kappa shape index (κ2) is 8.75. The molecule has 1 N–H and O–H groups in total. The predicted molar refractivity (Wildman–Crippen MR) is 110 cm³/mol. The molecule has 0 aliphatic carbocycles. The summed E-state index contributed by atoms with van der Waals surface area (Å²) in [6.07, 6.45) is 3.17. The molecule has 1 aromatic carbocycles. The standard InChI is InChI=1S/C23H39NO2/c1-18-11-13-24(14-12-18)15-20(25)16-26-21-9-7-19(8-10-21)23(5,6)17-22(2,3)4/h7-10,18,20,25H,11-17H2,1-6H3. The van der Waals surface area contributed by atoms with Crippen molar-refractivity contribution in [3.8, 4) is 5.75 Å². The van der Waals surface area contributed by atoms with E-state index in [2.05, 4.69) is 58.6 Å². The summed E-state index contributed by atoms with van der Waals surface area (Å²) in [5.41, 5.74) is 1.78. The minimum absolute atomic E-state index is 0.141. The van der Waals surface area contributed by atoms with Gasteiger partial charge in [0.2, 0.25) is 0 Å². The van der Waals surface area contributed by atoms with E-state index in [0.717, 1.165) is 31.2 Å². The number of aliphatic hydroxyl groups is 1. The molecule has 0 aromatic heterocycles. The van der Waals surface area contributed by atoms with Crippen molar-refractivity contribution in [3.05, 3.63) is 29.8 Å². The van der Waals surface area contributed by atoms with Crippen LogP contribution in [0.25, 0.3) is 0 Å². The highest BCUT2D eigenvalue weighted by Gasteiger charge is 2.27. The number of rotatable bonds is 7. The van der Waals surface area contributed by atoms with E-state index in [4.69, 9.17) is 4.74 Å². The summed E-state index contributed by atoms with van der Waals surface area (Å²) in [7, 11) is 0. The van der Waals surface area contributed by atoms with Crippen molar-refractivity contribution in [2.75, 3.05) is 26.2 Å². The molecule has 0 radical (unpaired) electrons. The first-order valence-corrected chi connectivity index (χ1v) is 10.2. The van der Waals surface area contributed by atoms with Crippen LogP contribution in [-0.2, 0) is 5.41 Å². The highest BCUT2D eigenvalue weighted by Crippen LogP contribution is 2.36. The fourth-order valence-corrected chi connectivity index (χ4v) is 4.22. The lowest BCUT2D eigenvalue weighted by atomic mass is 9.72. The molecule has 0 spiro atoms. The number of piperidine rings is 1. The van der Waals surface area contributed by atoms with Gasteiger partial charge in [0.25, 0.3) is 0 Å². The fourth-order valence-electron chi connectivity index (χ4n) is 4.22. The van der Waals surface area contributed by atoms with Gasteiger partial charge in [-0.15, -0.1) is 0 Å². The topological polar surface area (TPSA) is 32.7 Å². The van der Waals surface area contributed by atoms with Crippen LogP contribution in [0, 0.1) is 11.3 Å². The Labute approximate surface area is 160 Å². The zero-order valence-corrected chi connectivity index (χ0v) is 17.7. The molecule has 1 heterocycles. The number of β-amino-alcohol motifs (C(OH)–C–C–N with tert-alkyl or cyclic N) is 1. The van der Waals surface area contributed by atoms with Gasteiger partial charge in [0.15, 0.2) is 0 Å². The Morgan fingerprint density at radius 2 is 1.65 bits per heavy atom. The Balaban J connectivity index is 1.81. The molecule has 1 aliphatic heterocycles. The van der Waals surface area contributed by atoms with E-state index in [0.29, 0.717) is 18.6 Å². The minimum atomic E-state index is -0.430. The van der Waals surface area contributed by atoms with E-state index in [9.17, 15) is 5.11 Å². The number of ether oxygens (including phenoxy) is 1. The van der Waals surface area contributed by atoms with Crippen molar-refractivity contribution in [2.45, 2.75) is 72.3 Å². The number of hydrogen-bond acceptors (Lipinski definition) is 3. The van der Waals surface area contributed by atoms with Crippen LogP contribution in [0.4, 0.5) is 0 Å². The minimum Gasteiger partial charge on any atom is -0.491 e. The molecule has 3 heteroatoms. The molecule has 0 saturated carbocycles. The van der Waals surface area contributed by atoms with Crippen molar-refractivity contribution in [2.24, 2.45) is 11.3 Å². The number of aliphatic hydroxyl groups excluding tert-OH is 1.